The number of H-pyrrole nitrogens is 1. The lowest BCUT2D eigenvalue weighted by molar-refractivity contribution is -0.132. The second-order valence-corrected chi connectivity index (χ2v) is 4.08. The van der Waals surface area contributed by atoms with E-state index < -0.39 is 0 Å². The second-order valence-electron chi connectivity index (χ2n) is 4.08. The number of carbonyl (C=O) groups is 1. The fourth-order valence-corrected chi connectivity index (χ4v) is 1.93. The van der Waals surface area contributed by atoms with Gasteiger partial charge in [0, 0.05) is 30.2 Å². The van der Waals surface area contributed by atoms with Crippen molar-refractivity contribution in [3.8, 4) is 5.75 Å². The number of nitrogens with one attached hydrogen (secondary N) is 1. The van der Waals surface area contributed by atoms with E-state index in [1.807, 2.05) is 44.3 Å². The summed E-state index contributed by atoms with van der Waals surface area (Å²) in [6.45, 7) is 5.46. The highest BCUT2D eigenvalue weighted by Gasteiger charge is 2.10. The third kappa shape index (κ3) is 2.64. The van der Waals surface area contributed by atoms with Crippen LogP contribution in [0.15, 0.2) is 30.5 Å². The minimum Gasteiger partial charge on any atom is -0.484 e. The van der Waals surface area contributed by atoms with Crippen LogP contribution in [0.2, 0.25) is 0 Å². The Morgan fingerprint density at radius 1 is 1.28 bits per heavy atom. The van der Waals surface area contributed by atoms with E-state index in [1.54, 1.807) is 4.90 Å². The zero-order valence-corrected chi connectivity index (χ0v) is 10.8. The molecule has 1 amide bonds. The Bertz CT molecular complexity index is 529. The molecule has 18 heavy (non-hydrogen) atoms. The smallest absolute Gasteiger partial charge is 0.260 e. The van der Waals surface area contributed by atoms with Crippen LogP contribution in [-0.2, 0) is 4.79 Å². The molecule has 96 valence electrons. The molecule has 4 heteroatoms. The van der Waals surface area contributed by atoms with Gasteiger partial charge in [-0.15, -0.1) is 0 Å². The number of nitrogens with zero attached hydrogens (tertiary/aromatic N) is 1. The van der Waals surface area contributed by atoms with E-state index in [4.69, 9.17) is 4.74 Å². The topological polar surface area (TPSA) is 45.3 Å². The highest BCUT2D eigenvalue weighted by atomic mass is 16.5. The zero-order valence-electron chi connectivity index (χ0n) is 10.8. The monoisotopic (exact) mass is 246 g/mol. The number of benzene rings is 1. The van der Waals surface area contributed by atoms with Gasteiger partial charge in [-0.2, -0.15) is 0 Å². The molecule has 0 unspecified atom stereocenters. The van der Waals surface area contributed by atoms with Crippen molar-refractivity contribution in [1.82, 2.24) is 9.88 Å². The van der Waals surface area contributed by atoms with E-state index in [9.17, 15) is 4.79 Å². The average molecular weight is 246 g/mol. The number of rotatable bonds is 5. The maximum atomic E-state index is 11.8. The Hall–Kier alpha value is -1.97. The van der Waals surface area contributed by atoms with Crippen molar-refractivity contribution < 1.29 is 9.53 Å². The van der Waals surface area contributed by atoms with Crippen molar-refractivity contribution in [2.24, 2.45) is 0 Å². The predicted molar refractivity (Wildman–Crippen MR) is 71.7 cm³/mol. The van der Waals surface area contributed by atoms with E-state index in [1.165, 1.54) is 0 Å². The molecule has 4 nitrogen and oxygen atoms in total. The molecule has 0 fully saturated rings. The molecule has 0 radical (unpaired) electrons. The highest BCUT2D eigenvalue weighted by Crippen LogP contribution is 2.19. The molecule has 2 aromatic rings. The molecule has 1 aromatic heterocycles. The third-order valence-electron chi connectivity index (χ3n) is 3.00. The summed E-state index contributed by atoms with van der Waals surface area (Å²) >= 11 is 0. The first-order chi connectivity index (χ1) is 8.74. The largest absolute Gasteiger partial charge is 0.484 e. The first-order valence-electron chi connectivity index (χ1n) is 6.22. The van der Waals surface area contributed by atoms with Crippen molar-refractivity contribution in [2.75, 3.05) is 19.7 Å². The average Bonchev–Trinajstić information content (AvgIpc) is 2.85. The highest BCUT2D eigenvalue weighted by molar-refractivity contribution is 5.81. The van der Waals surface area contributed by atoms with Gasteiger partial charge < -0.3 is 14.6 Å². The molecule has 0 atom stereocenters. The number of amides is 1. The van der Waals surface area contributed by atoms with Gasteiger partial charge in [-0.25, -0.2) is 0 Å². The quantitative estimate of drug-likeness (QED) is 0.880. The number of likely N-dealkylation sites (N-methyl/N-ethyl adjacent to an activating group) is 1. The zero-order chi connectivity index (χ0) is 13.0. The van der Waals surface area contributed by atoms with Crippen molar-refractivity contribution in [3.05, 3.63) is 30.5 Å². The molecule has 0 saturated carbocycles. The first-order valence-corrected chi connectivity index (χ1v) is 6.22. The lowest BCUT2D eigenvalue weighted by Crippen LogP contribution is -2.34. The minimum atomic E-state index is 0.0224. The first kappa shape index (κ1) is 12.5. The molecule has 0 aliphatic heterocycles. The van der Waals surface area contributed by atoms with Crippen LogP contribution < -0.4 is 4.74 Å². The predicted octanol–water partition coefficient (Wildman–Crippen LogP) is 2.42. The number of aromatic amines is 1. The van der Waals surface area contributed by atoms with Gasteiger partial charge in [-0.05, 0) is 38.1 Å². The fraction of sp³-hybridized carbons (Fsp3) is 0.357. The molecule has 1 aromatic carbocycles. The Kier molecular flexibility index (Phi) is 3.87. The lowest BCUT2D eigenvalue weighted by atomic mass is 10.2. The number of ether oxygens (including phenoxy) is 1. The number of hydrogen-bond donors (Lipinski definition) is 1. The van der Waals surface area contributed by atoms with Crippen LogP contribution in [0.5, 0.6) is 5.75 Å². The van der Waals surface area contributed by atoms with E-state index in [0.29, 0.717) is 0 Å². The molecule has 0 saturated heterocycles. The van der Waals surface area contributed by atoms with Gasteiger partial charge in [0.25, 0.3) is 5.91 Å². The van der Waals surface area contributed by atoms with Crippen LogP contribution in [0.4, 0.5) is 0 Å². The number of fused-ring (bicyclic) bond motifs is 1. The fourth-order valence-electron chi connectivity index (χ4n) is 1.93. The van der Waals surface area contributed by atoms with Crippen molar-refractivity contribution in [2.45, 2.75) is 13.8 Å². The minimum absolute atomic E-state index is 0.0224. The van der Waals surface area contributed by atoms with E-state index in [2.05, 4.69) is 4.98 Å². The van der Waals surface area contributed by atoms with Crippen LogP contribution in [0.1, 0.15) is 13.8 Å². The summed E-state index contributed by atoms with van der Waals surface area (Å²) in [5.41, 5.74) is 1.07. The van der Waals surface area contributed by atoms with Crippen molar-refractivity contribution >= 4 is 16.8 Å². The maximum Gasteiger partial charge on any atom is 0.260 e. The number of aromatic nitrogens is 1. The van der Waals surface area contributed by atoms with Crippen LogP contribution in [0.3, 0.4) is 0 Å². The summed E-state index contributed by atoms with van der Waals surface area (Å²) in [7, 11) is 0. The lowest BCUT2D eigenvalue weighted by Gasteiger charge is -2.18. The molecule has 1 heterocycles. The van der Waals surface area contributed by atoms with Gasteiger partial charge in [0.15, 0.2) is 6.61 Å². The van der Waals surface area contributed by atoms with Crippen LogP contribution in [-0.4, -0.2) is 35.5 Å². The van der Waals surface area contributed by atoms with Crippen molar-refractivity contribution in [1.29, 1.82) is 0 Å². The summed E-state index contributed by atoms with van der Waals surface area (Å²) in [5, 5.41) is 1.09. The molecular formula is C14H18N2O2. The SMILES string of the molecule is CCN(CC)C(=O)COc1ccc2[nH]ccc2c1. The van der Waals surface area contributed by atoms with Gasteiger partial charge in [0.1, 0.15) is 5.75 Å². The Morgan fingerprint density at radius 2 is 2.06 bits per heavy atom. The summed E-state index contributed by atoms with van der Waals surface area (Å²) in [6, 6.07) is 7.73. The number of hydrogen-bond acceptors (Lipinski definition) is 2. The third-order valence-corrected chi connectivity index (χ3v) is 3.00. The van der Waals surface area contributed by atoms with Crippen molar-refractivity contribution in [3.63, 3.8) is 0 Å². The maximum absolute atomic E-state index is 11.8. The van der Waals surface area contributed by atoms with E-state index in [0.717, 1.165) is 29.7 Å². The molecule has 0 aliphatic rings. The van der Waals surface area contributed by atoms with E-state index >= 15 is 0 Å². The summed E-state index contributed by atoms with van der Waals surface area (Å²) in [4.78, 5) is 16.7. The van der Waals surface area contributed by atoms with Crippen LogP contribution in [0, 0.1) is 0 Å². The Labute approximate surface area is 107 Å². The molecule has 0 aliphatic carbocycles. The summed E-state index contributed by atoms with van der Waals surface area (Å²) in [5.74, 6) is 0.747. The van der Waals surface area contributed by atoms with Gasteiger partial charge in [-0.1, -0.05) is 0 Å². The van der Waals surface area contributed by atoms with Gasteiger partial charge in [-0.3, -0.25) is 4.79 Å². The standard InChI is InChI=1S/C14H18N2O2/c1-3-16(4-2)14(17)10-18-12-5-6-13-11(9-12)7-8-15-13/h5-9,15H,3-4,10H2,1-2H3. The Morgan fingerprint density at radius 3 is 2.78 bits per heavy atom. The summed E-state index contributed by atoms with van der Waals surface area (Å²) in [6.07, 6.45) is 1.88. The second kappa shape index (κ2) is 5.58. The normalized spacial score (nSPS) is 10.6. The molecule has 2 rings (SSSR count). The van der Waals surface area contributed by atoms with Crippen LogP contribution in [0.25, 0.3) is 10.9 Å². The molecule has 1 N–H and O–H groups in total. The molecule has 0 spiro atoms. The molecule has 0 bridgehead atoms. The van der Waals surface area contributed by atoms with Crippen LogP contribution >= 0.6 is 0 Å². The van der Waals surface area contributed by atoms with E-state index in [-0.39, 0.29) is 12.5 Å². The Balaban J connectivity index is 1.99. The summed E-state index contributed by atoms with van der Waals surface area (Å²) < 4.78 is 5.52. The molecular weight excluding hydrogens is 228 g/mol. The van der Waals surface area contributed by atoms with Gasteiger partial charge in [0.05, 0.1) is 0 Å². The van der Waals surface area contributed by atoms with Gasteiger partial charge in [0.2, 0.25) is 0 Å². The number of carbonyl (C=O) groups excluding carboxylic acids is 1. The van der Waals surface area contributed by atoms with Gasteiger partial charge >= 0.3 is 0 Å².